The first kappa shape index (κ1) is 23.7. The molecule has 1 atom stereocenters. The minimum absolute atomic E-state index is 0.435. The molecule has 5 rings (SSSR count). The Kier molecular flexibility index (Phi) is 6.26. The maximum atomic E-state index is 11.4. The highest BCUT2D eigenvalue weighted by Crippen LogP contribution is 2.40. The summed E-state index contributed by atoms with van der Waals surface area (Å²) in [6.07, 6.45) is 1.40. The highest BCUT2D eigenvalue weighted by molar-refractivity contribution is 6.36. The third kappa shape index (κ3) is 4.46. The smallest absolute Gasteiger partial charge is 0.333 e. The van der Waals surface area contributed by atoms with Crippen LogP contribution in [-0.2, 0) is 4.79 Å². The normalized spacial score (nSPS) is 14.6. The van der Waals surface area contributed by atoms with Gasteiger partial charge >= 0.3 is 5.97 Å². The molecule has 184 valence electrons. The number of carboxylic acids is 1. The molecule has 10 heteroatoms. The van der Waals surface area contributed by atoms with Gasteiger partial charge in [0.25, 0.3) is 0 Å². The van der Waals surface area contributed by atoms with Gasteiger partial charge in [0.2, 0.25) is 0 Å². The van der Waals surface area contributed by atoms with Gasteiger partial charge in [0.15, 0.2) is 28.4 Å². The summed E-state index contributed by atoms with van der Waals surface area (Å²) in [7, 11) is 0. The first-order chi connectivity index (χ1) is 17.4. The summed E-state index contributed by atoms with van der Waals surface area (Å²) in [5, 5.41) is 27.2. The van der Waals surface area contributed by atoms with Crippen molar-refractivity contribution >= 4 is 46.3 Å². The lowest BCUT2D eigenvalue weighted by atomic mass is 10.0. The molecule has 1 aliphatic rings. The lowest BCUT2D eigenvalue weighted by Gasteiger charge is -2.19. The number of anilines is 2. The van der Waals surface area contributed by atoms with Gasteiger partial charge < -0.3 is 29.5 Å². The van der Waals surface area contributed by atoms with Crippen molar-refractivity contribution in [1.82, 2.24) is 5.16 Å². The molecule has 0 radical (unpaired) electrons. The number of hydrogen-bond acceptors (Lipinski definition) is 8. The number of nitrogens with one attached hydrogen (secondary N) is 1. The van der Waals surface area contributed by atoms with Gasteiger partial charge in [0.1, 0.15) is 13.2 Å². The van der Waals surface area contributed by atoms with Crippen molar-refractivity contribution in [3.8, 4) is 22.6 Å². The number of carboxylic acid groups (broad SMARTS) is 1. The van der Waals surface area contributed by atoms with Crippen LogP contribution in [0.3, 0.4) is 0 Å². The predicted molar refractivity (Wildman–Crippen MR) is 136 cm³/mol. The maximum Gasteiger partial charge on any atom is 0.333 e. The van der Waals surface area contributed by atoms with Gasteiger partial charge in [0.05, 0.1) is 22.7 Å². The summed E-state index contributed by atoms with van der Waals surface area (Å²) >= 11 is 6.78. The molecule has 2 heterocycles. The van der Waals surface area contributed by atoms with Gasteiger partial charge in [-0.15, -0.1) is 0 Å². The molecule has 0 aliphatic carbocycles. The topological polar surface area (TPSA) is 126 Å². The van der Waals surface area contributed by atoms with Crippen LogP contribution in [0.1, 0.15) is 12.5 Å². The molecule has 1 aromatic heterocycles. The number of hydrogen-bond donors (Lipinski definition) is 3. The molecule has 1 unspecified atom stereocenters. The lowest BCUT2D eigenvalue weighted by Crippen LogP contribution is -2.37. The average Bonchev–Trinajstić information content (AvgIpc) is 3.30. The van der Waals surface area contributed by atoms with Crippen molar-refractivity contribution < 1.29 is 29.0 Å². The van der Waals surface area contributed by atoms with Crippen molar-refractivity contribution in [3.63, 3.8) is 0 Å². The third-order valence-corrected chi connectivity index (χ3v) is 6.27. The van der Waals surface area contributed by atoms with Crippen LogP contribution < -0.4 is 14.8 Å². The second-order valence-electron chi connectivity index (χ2n) is 8.43. The van der Waals surface area contributed by atoms with Gasteiger partial charge in [-0.05, 0) is 54.4 Å². The van der Waals surface area contributed by atoms with E-state index in [-0.39, 0.29) is 0 Å². The number of aromatic nitrogens is 1. The van der Waals surface area contributed by atoms with Crippen LogP contribution in [0, 0.1) is 0 Å². The summed E-state index contributed by atoms with van der Waals surface area (Å²) in [6, 6.07) is 16.5. The average molecular weight is 508 g/mol. The third-order valence-electron chi connectivity index (χ3n) is 5.87. The molecule has 3 N–H and O–H groups in total. The molecular formula is C26H22ClN3O6. The summed E-state index contributed by atoms with van der Waals surface area (Å²) in [5.41, 5.74) is 1.81. The Bertz CT molecular complexity index is 1480. The minimum Gasteiger partial charge on any atom is -0.486 e. The van der Waals surface area contributed by atoms with Gasteiger partial charge in [-0.2, -0.15) is 0 Å². The van der Waals surface area contributed by atoms with Crippen molar-refractivity contribution in [1.29, 1.82) is 0 Å². The fraction of sp³-hybridized carbons (Fsp3) is 0.192. The van der Waals surface area contributed by atoms with Gasteiger partial charge in [-0.3, -0.25) is 4.99 Å². The van der Waals surface area contributed by atoms with Gasteiger partial charge in [0, 0.05) is 11.8 Å². The number of carbonyl (C=O) groups is 1. The highest BCUT2D eigenvalue weighted by atomic mass is 35.5. The van der Waals surface area contributed by atoms with E-state index in [1.54, 1.807) is 18.2 Å². The number of benzene rings is 3. The van der Waals surface area contributed by atoms with Crippen LogP contribution in [0.25, 0.3) is 22.1 Å². The SMILES string of the molecule is CC(CO)(N=Cc1ccc2onc(Nc3cccc(-c4ccc5c(c4)OCCO5)c3Cl)c2c1)C(=O)O. The van der Waals surface area contributed by atoms with E-state index in [2.05, 4.69) is 15.5 Å². The summed E-state index contributed by atoms with van der Waals surface area (Å²) in [4.78, 5) is 15.5. The Morgan fingerprint density at radius 1 is 1.17 bits per heavy atom. The zero-order chi connectivity index (χ0) is 25.3. The quantitative estimate of drug-likeness (QED) is 0.301. The zero-order valence-corrected chi connectivity index (χ0v) is 20.0. The molecule has 3 aromatic carbocycles. The lowest BCUT2D eigenvalue weighted by molar-refractivity contribution is -0.143. The van der Waals surface area contributed by atoms with Gasteiger partial charge in [-0.25, -0.2) is 4.79 Å². The fourth-order valence-electron chi connectivity index (χ4n) is 3.70. The fourth-order valence-corrected chi connectivity index (χ4v) is 3.98. The van der Waals surface area contributed by atoms with E-state index in [0.717, 1.165) is 11.1 Å². The van der Waals surface area contributed by atoms with Crippen LogP contribution in [-0.4, -0.2) is 52.9 Å². The second-order valence-corrected chi connectivity index (χ2v) is 8.81. The van der Waals surface area contributed by atoms with Crippen LogP contribution in [0.2, 0.25) is 5.02 Å². The van der Waals surface area contributed by atoms with Crippen LogP contribution >= 0.6 is 11.6 Å². The Morgan fingerprint density at radius 2 is 1.97 bits per heavy atom. The minimum atomic E-state index is -1.63. The summed E-state index contributed by atoms with van der Waals surface area (Å²) in [6.45, 7) is 1.73. The van der Waals surface area contributed by atoms with E-state index in [1.807, 2.05) is 36.4 Å². The first-order valence-corrected chi connectivity index (χ1v) is 11.5. The number of ether oxygens (including phenoxy) is 2. The molecule has 0 bridgehead atoms. The molecule has 1 aliphatic heterocycles. The Hall–Kier alpha value is -4.08. The van der Waals surface area contributed by atoms with E-state index in [0.29, 0.717) is 57.8 Å². The first-order valence-electron chi connectivity index (χ1n) is 11.1. The molecule has 0 saturated carbocycles. The predicted octanol–water partition coefficient (Wildman–Crippen LogP) is 4.92. The number of aliphatic hydroxyl groups excluding tert-OH is 1. The number of aliphatic hydroxyl groups is 1. The molecule has 0 fully saturated rings. The molecule has 0 saturated heterocycles. The molecule has 9 nitrogen and oxygen atoms in total. The number of rotatable bonds is 7. The van der Waals surface area contributed by atoms with Crippen molar-refractivity contribution in [2.75, 3.05) is 25.1 Å². The van der Waals surface area contributed by atoms with Crippen LogP contribution in [0.15, 0.2) is 64.1 Å². The standard InChI is InChI=1S/C26H22ClN3O6/c1-26(14-31,25(32)33)28-13-15-5-7-20-18(11-15)24(30-36-20)29-19-4-2-3-17(23(19)27)16-6-8-21-22(12-16)35-10-9-34-21/h2-8,11-13,31H,9-10,14H2,1H3,(H,29,30)(H,32,33). The van der Waals surface area contributed by atoms with E-state index in [4.69, 9.17) is 25.6 Å². The molecule has 0 spiro atoms. The van der Waals surface area contributed by atoms with Crippen molar-refractivity contribution in [2.24, 2.45) is 4.99 Å². The summed E-state index contributed by atoms with van der Waals surface area (Å²) < 4.78 is 16.7. The number of nitrogens with zero attached hydrogens (tertiary/aromatic N) is 2. The number of fused-ring (bicyclic) bond motifs is 2. The van der Waals surface area contributed by atoms with Crippen molar-refractivity contribution in [2.45, 2.75) is 12.5 Å². The van der Waals surface area contributed by atoms with E-state index in [1.165, 1.54) is 13.1 Å². The Morgan fingerprint density at radius 3 is 2.75 bits per heavy atom. The number of aliphatic carboxylic acids is 1. The van der Waals surface area contributed by atoms with Gasteiger partial charge in [-0.1, -0.05) is 35.0 Å². The summed E-state index contributed by atoms with van der Waals surface area (Å²) in [5.74, 6) is 0.586. The number of aliphatic imine (C=N–C) groups is 1. The number of halogens is 1. The van der Waals surface area contributed by atoms with Crippen LogP contribution in [0.5, 0.6) is 11.5 Å². The maximum absolute atomic E-state index is 11.4. The molecule has 0 amide bonds. The zero-order valence-electron chi connectivity index (χ0n) is 19.2. The Labute approximate surface area is 210 Å². The second kappa shape index (κ2) is 9.52. The van der Waals surface area contributed by atoms with Crippen LogP contribution in [0.4, 0.5) is 11.5 Å². The van der Waals surface area contributed by atoms with E-state index in [9.17, 15) is 15.0 Å². The largest absolute Gasteiger partial charge is 0.486 e. The molecule has 4 aromatic rings. The van der Waals surface area contributed by atoms with E-state index >= 15 is 0 Å². The highest BCUT2D eigenvalue weighted by Gasteiger charge is 2.31. The molecular weight excluding hydrogens is 486 g/mol. The molecule has 36 heavy (non-hydrogen) atoms. The Balaban J connectivity index is 1.45. The monoisotopic (exact) mass is 507 g/mol. The van der Waals surface area contributed by atoms with Crippen molar-refractivity contribution in [3.05, 3.63) is 65.2 Å². The van der Waals surface area contributed by atoms with E-state index < -0.39 is 18.1 Å².